The second-order valence-electron chi connectivity index (χ2n) is 7.93. The van der Waals surface area contributed by atoms with Crippen LogP contribution in [0.3, 0.4) is 0 Å². The summed E-state index contributed by atoms with van der Waals surface area (Å²) >= 11 is 0. The van der Waals surface area contributed by atoms with Crippen LogP contribution in [0.4, 0.5) is 0 Å². The molecule has 7 nitrogen and oxygen atoms in total. The largest absolute Gasteiger partial charge is 0.357 e. The van der Waals surface area contributed by atoms with E-state index in [0.29, 0.717) is 12.5 Å². The quantitative estimate of drug-likeness (QED) is 0.269. The Morgan fingerprint density at radius 1 is 1.16 bits per heavy atom. The molecule has 0 spiro atoms. The molecule has 168 valence electrons. The third kappa shape index (κ3) is 7.09. The average molecular weight is 535 g/mol. The van der Waals surface area contributed by atoms with Crippen molar-refractivity contribution < 1.29 is 0 Å². The summed E-state index contributed by atoms with van der Waals surface area (Å²) in [7, 11) is 4.04. The maximum Gasteiger partial charge on any atom is 0.194 e. The summed E-state index contributed by atoms with van der Waals surface area (Å²) in [6, 6.07) is 10.4. The molecule has 0 atom stereocenters. The number of halogens is 1. The van der Waals surface area contributed by atoms with E-state index in [2.05, 4.69) is 84.9 Å². The van der Waals surface area contributed by atoms with Crippen LogP contribution in [-0.4, -0.2) is 44.0 Å². The van der Waals surface area contributed by atoms with Gasteiger partial charge in [0.1, 0.15) is 0 Å². The van der Waals surface area contributed by atoms with E-state index >= 15 is 0 Å². The standard InChI is InChI=1S/C23H33N7.HI/c1-6-24-23(28(4)16-21-17-29(5)27-22(21)18(2)3)25-12-20-13-26-30(15-20)14-19-10-8-7-9-11-19;/h7-11,13,15,17-18H,6,12,14,16H2,1-5H3,(H,24,25);1H. The van der Waals surface area contributed by atoms with Gasteiger partial charge in [-0.1, -0.05) is 44.2 Å². The summed E-state index contributed by atoms with van der Waals surface area (Å²) in [6.07, 6.45) is 6.06. The topological polar surface area (TPSA) is 63.3 Å². The lowest BCUT2D eigenvalue weighted by Gasteiger charge is -2.22. The SMILES string of the molecule is CCNC(=NCc1cnn(Cc2ccccc2)c1)N(C)Cc1cn(C)nc1C(C)C.I. The number of nitrogens with zero attached hydrogens (tertiary/aromatic N) is 6. The molecule has 0 aliphatic rings. The van der Waals surface area contributed by atoms with E-state index in [1.54, 1.807) is 0 Å². The van der Waals surface area contributed by atoms with Gasteiger partial charge in [-0.25, -0.2) is 4.99 Å². The fraction of sp³-hybridized carbons (Fsp3) is 0.435. The third-order valence-corrected chi connectivity index (χ3v) is 4.87. The lowest BCUT2D eigenvalue weighted by Crippen LogP contribution is -2.38. The van der Waals surface area contributed by atoms with Gasteiger partial charge in [-0.15, -0.1) is 24.0 Å². The fourth-order valence-electron chi connectivity index (χ4n) is 3.47. The van der Waals surface area contributed by atoms with Crippen molar-refractivity contribution in [2.75, 3.05) is 13.6 Å². The number of aryl methyl sites for hydroxylation is 1. The molecule has 0 saturated carbocycles. The van der Waals surface area contributed by atoms with Gasteiger partial charge in [0.2, 0.25) is 0 Å². The molecular formula is C23H34IN7. The number of hydrogen-bond acceptors (Lipinski definition) is 3. The summed E-state index contributed by atoms with van der Waals surface area (Å²) in [5.74, 6) is 1.27. The molecule has 0 radical (unpaired) electrons. The van der Waals surface area contributed by atoms with E-state index < -0.39 is 0 Å². The molecule has 0 unspecified atom stereocenters. The van der Waals surface area contributed by atoms with Crippen molar-refractivity contribution in [2.45, 2.75) is 46.3 Å². The van der Waals surface area contributed by atoms with Crippen LogP contribution in [0.1, 0.15) is 49.1 Å². The average Bonchev–Trinajstić information content (AvgIpc) is 3.32. The van der Waals surface area contributed by atoms with Crippen LogP contribution in [-0.2, 0) is 26.7 Å². The molecule has 8 heteroatoms. The summed E-state index contributed by atoms with van der Waals surface area (Å²) in [5.41, 5.74) is 4.71. The van der Waals surface area contributed by atoms with Crippen LogP contribution < -0.4 is 5.32 Å². The van der Waals surface area contributed by atoms with Gasteiger partial charge in [-0.3, -0.25) is 9.36 Å². The van der Waals surface area contributed by atoms with Crippen LogP contribution in [0.15, 0.2) is 53.9 Å². The minimum Gasteiger partial charge on any atom is -0.357 e. The molecule has 3 rings (SSSR count). The van der Waals surface area contributed by atoms with Crippen molar-refractivity contribution in [2.24, 2.45) is 12.0 Å². The van der Waals surface area contributed by atoms with Crippen molar-refractivity contribution in [1.82, 2.24) is 29.8 Å². The van der Waals surface area contributed by atoms with Crippen molar-refractivity contribution in [1.29, 1.82) is 0 Å². The first-order chi connectivity index (χ1) is 14.5. The van der Waals surface area contributed by atoms with Gasteiger partial charge in [0.15, 0.2) is 5.96 Å². The zero-order valence-corrected chi connectivity index (χ0v) is 21.4. The Balaban J connectivity index is 0.00000341. The molecule has 0 aliphatic heterocycles. The van der Waals surface area contributed by atoms with Gasteiger partial charge >= 0.3 is 0 Å². The van der Waals surface area contributed by atoms with Gasteiger partial charge in [-0.05, 0) is 18.4 Å². The van der Waals surface area contributed by atoms with E-state index in [9.17, 15) is 0 Å². The predicted octanol–water partition coefficient (Wildman–Crippen LogP) is 4.00. The maximum atomic E-state index is 4.83. The monoisotopic (exact) mass is 535 g/mol. The number of benzene rings is 1. The van der Waals surface area contributed by atoms with Crippen LogP contribution >= 0.6 is 24.0 Å². The summed E-state index contributed by atoms with van der Waals surface area (Å²) in [5, 5.41) is 12.5. The van der Waals surface area contributed by atoms with E-state index in [-0.39, 0.29) is 24.0 Å². The van der Waals surface area contributed by atoms with Crippen LogP contribution in [0.2, 0.25) is 0 Å². The second-order valence-corrected chi connectivity index (χ2v) is 7.93. The highest BCUT2D eigenvalue weighted by atomic mass is 127. The van der Waals surface area contributed by atoms with E-state index in [0.717, 1.165) is 36.9 Å². The van der Waals surface area contributed by atoms with Crippen molar-refractivity contribution >= 4 is 29.9 Å². The number of aromatic nitrogens is 4. The smallest absolute Gasteiger partial charge is 0.194 e. The normalized spacial score (nSPS) is 11.5. The van der Waals surface area contributed by atoms with Gasteiger partial charge in [0, 0.05) is 50.7 Å². The minimum atomic E-state index is 0. The van der Waals surface area contributed by atoms with Gasteiger partial charge < -0.3 is 10.2 Å². The van der Waals surface area contributed by atoms with Gasteiger partial charge in [-0.2, -0.15) is 10.2 Å². The van der Waals surface area contributed by atoms with Crippen molar-refractivity contribution in [3.63, 3.8) is 0 Å². The molecule has 0 fully saturated rings. The molecule has 31 heavy (non-hydrogen) atoms. The maximum absolute atomic E-state index is 4.83. The molecule has 1 N–H and O–H groups in total. The number of hydrogen-bond donors (Lipinski definition) is 1. The first kappa shape index (κ1) is 24.9. The Kier molecular flexibility index (Phi) is 9.54. The minimum absolute atomic E-state index is 0. The Labute approximate surface area is 202 Å². The molecular weight excluding hydrogens is 501 g/mol. The molecule has 0 saturated heterocycles. The van der Waals surface area contributed by atoms with Crippen LogP contribution in [0.5, 0.6) is 0 Å². The lowest BCUT2D eigenvalue weighted by atomic mass is 10.1. The molecule has 0 aliphatic carbocycles. The van der Waals surface area contributed by atoms with Crippen LogP contribution in [0, 0.1) is 0 Å². The Morgan fingerprint density at radius 3 is 2.58 bits per heavy atom. The number of guanidine groups is 1. The molecule has 3 aromatic rings. The summed E-state index contributed by atoms with van der Waals surface area (Å²) < 4.78 is 3.85. The van der Waals surface area contributed by atoms with E-state index in [1.165, 1.54) is 11.1 Å². The fourth-order valence-corrected chi connectivity index (χ4v) is 3.47. The molecule has 1 aromatic carbocycles. The highest BCUT2D eigenvalue weighted by molar-refractivity contribution is 14.0. The van der Waals surface area contributed by atoms with Crippen molar-refractivity contribution in [3.05, 3.63) is 71.3 Å². The zero-order valence-electron chi connectivity index (χ0n) is 19.1. The summed E-state index contributed by atoms with van der Waals surface area (Å²) in [6.45, 7) is 9.39. The highest BCUT2D eigenvalue weighted by Gasteiger charge is 2.15. The molecule has 2 heterocycles. The lowest BCUT2D eigenvalue weighted by molar-refractivity contribution is 0.473. The van der Waals surface area contributed by atoms with Gasteiger partial charge in [0.25, 0.3) is 0 Å². The predicted molar refractivity (Wildman–Crippen MR) is 137 cm³/mol. The molecule has 2 aromatic heterocycles. The van der Waals surface area contributed by atoms with E-state index in [4.69, 9.17) is 4.99 Å². The van der Waals surface area contributed by atoms with E-state index in [1.807, 2.05) is 28.7 Å². The molecule has 0 bridgehead atoms. The second kappa shape index (κ2) is 11.9. The number of aliphatic imine (C=N–C) groups is 1. The van der Waals surface area contributed by atoms with Gasteiger partial charge in [0.05, 0.1) is 25.0 Å². The first-order valence-electron chi connectivity index (χ1n) is 10.5. The Hall–Kier alpha value is -2.36. The van der Waals surface area contributed by atoms with Crippen molar-refractivity contribution in [3.8, 4) is 0 Å². The summed E-state index contributed by atoms with van der Waals surface area (Å²) in [4.78, 5) is 6.99. The zero-order chi connectivity index (χ0) is 21.5. The number of nitrogens with one attached hydrogen (secondary N) is 1. The first-order valence-corrected chi connectivity index (χ1v) is 10.5. The Bertz CT molecular complexity index is 959. The third-order valence-electron chi connectivity index (χ3n) is 4.87. The number of rotatable bonds is 8. The Morgan fingerprint density at radius 2 is 1.90 bits per heavy atom. The highest BCUT2D eigenvalue weighted by Crippen LogP contribution is 2.18. The molecule has 0 amide bonds. The van der Waals surface area contributed by atoms with Crippen LogP contribution in [0.25, 0.3) is 0 Å².